The number of fused-ring (bicyclic) bond motifs is 1. The van der Waals surface area contributed by atoms with Crippen LogP contribution in [0.25, 0.3) is 22.4 Å². The number of H-pyrrole nitrogens is 1. The molecule has 96 valence electrons. The molecule has 1 N–H and O–H groups in total. The lowest BCUT2D eigenvalue weighted by molar-refractivity contribution is 0.629. The van der Waals surface area contributed by atoms with Crippen LogP contribution in [0.4, 0.5) is 4.39 Å². The Hall–Kier alpha value is -1.68. The Morgan fingerprint density at radius 2 is 2.00 bits per heavy atom. The molecule has 2 aromatic carbocycles. The predicted octanol–water partition coefficient (Wildman–Crippen LogP) is 4.75. The molecule has 0 amide bonds. The second-order valence-corrected chi connectivity index (χ2v) is 5.51. The third-order valence-corrected chi connectivity index (χ3v) is 3.78. The molecule has 0 radical (unpaired) electrons. The third-order valence-electron chi connectivity index (χ3n) is 3.12. The van der Waals surface area contributed by atoms with Gasteiger partial charge in [-0.25, -0.2) is 9.37 Å². The second kappa shape index (κ2) is 4.46. The molecule has 0 saturated carbocycles. The van der Waals surface area contributed by atoms with Crippen molar-refractivity contribution >= 4 is 27.0 Å². The summed E-state index contributed by atoms with van der Waals surface area (Å²) in [7, 11) is 0. The Labute approximate surface area is 118 Å². The SMILES string of the molecule is Cc1cc(C)c2nc(-c3c(F)cccc3Br)[nH]c2c1. The summed E-state index contributed by atoms with van der Waals surface area (Å²) in [6, 6.07) is 9.01. The van der Waals surface area contributed by atoms with E-state index in [1.54, 1.807) is 6.07 Å². The van der Waals surface area contributed by atoms with E-state index in [1.807, 2.05) is 26.0 Å². The Balaban J connectivity index is 2.30. The molecule has 0 bridgehead atoms. The smallest absolute Gasteiger partial charge is 0.142 e. The molecule has 1 heterocycles. The standard InChI is InChI=1S/C15H12BrFN2/c1-8-6-9(2)14-12(7-8)18-15(19-14)13-10(16)4-3-5-11(13)17/h3-7H,1-2H3,(H,18,19). The fourth-order valence-electron chi connectivity index (χ4n) is 2.31. The van der Waals surface area contributed by atoms with E-state index in [2.05, 4.69) is 32.0 Å². The molecule has 0 aliphatic carbocycles. The Kier molecular flexibility index (Phi) is 2.90. The largest absolute Gasteiger partial charge is 0.338 e. The number of aromatic amines is 1. The number of benzene rings is 2. The van der Waals surface area contributed by atoms with Gasteiger partial charge in [0.15, 0.2) is 0 Å². The van der Waals surface area contributed by atoms with E-state index >= 15 is 0 Å². The predicted molar refractivity (Wildman–Crippen MR) is 78.7 cm³/mol. The highest BCUT2D eigenvalue weighted by atomic mass is 79.9. The Morgan fingerprint density at radius 3 is 2.74 bits per heavy atom. The van der Waals surface area contributed by atoms with E-state index in [4.69, 9.17) is 0 Å². The van der Waals surface area contributed by atoms with Gasteiger partial charge in [0.05, 0.1) is 16.6 Å². The molecule has 2 nitrogen and oxygen atoms in total. The van der Waals surface area contributed by atoms with Crippen molar-refractivity contribution < 1.29 is 4.39 Å². The summed E-state index contributed by atoms with van der Waals surface area (Å²) < 4.78 is 14.6. The monoisotopic (exact) mass is 318 g/mol. The van der Waals surface area contributed by atoms with Crippen molar-refractivity contribution in [2.45, 2.75) is 13.8 Å². The summed E-state index contributed by atoms with van der Waals surface area (Å²) in [6.07, 6.45) is 0. The molecule has 19 heavy (non-hydrogen) atoms. The zero-order valence-electron chi connectivity index (χ0n) is 10.6. The molecule has 0 atom stereocenters. The van der Waals surface area contributed by atoms with E-state index in [0.717, 1.165) is 22.2 Å². The number of nitrogens with one attached hydrogen (secondary N) is 1. The van der Waals surface area contributed by atoms with E-state index in [0.29, 0.717) is 15.9 Å². The van der Waals surface area contributed by atoms with Crippen LogP contribution in [-0.2, 0) is 0 Å². The lowest BCUT2D eigenvalue weighted by atomic mass is 10.1. The number of halogens is 2. The molecule has 3 rings (SSSR count). The first-order valence-electron chi connectivity index (χ1n) is 5.97. The van der Waals surface area contributed by atoms with Crippen molar-refractivity contribution in [3.05, 3.63) is 51.7 Å². The van der Waals surface area contributed by atoms with Crippen molar-refractivity contribution in [3.8, 4) is 11.4 Å². The maximum absolute atomic E-state index is 14.0. The van der Waals surface area contributed by atoms with Crippen LogP contribution in [0.2, 0.25) is 0 Å². The van der Waals surface area contributed by atoms with Crippen molar-refractivity contribution in [1.82, 2.24) is 9.97 Å². The van der Waals surface area contributed by atoms with Crippen molar-refractivity contribution in [2.24, 2.45) is 0 Å². The molecule has 3 aromatic rings. The van der Waals surface area contributed by atoms with Crippen molar-refractivity contribution in [3.63, 3.8) is 0 Å². The fraction of sp³-hybridized carbons (Fsp3) is 0.133. The molecule has 0 unspecified atom stereocenters. The first-order valence-corrected chi connectivity index (χ1v) is 6.77. The molecular formula is C15H12BrFN2. The fourth-order valence-corrected chi connectivity index (χ4v) is 2.84. The van der Waals surface area contributed by atoms with Gasteiger partial charge in [-0.3, -0.25) is 0 Å². The van der Waals surface area contributed by atoms with E-state index < -0.39 is 0 Å². The summed E-state index contributed by atoms with van der Waals surface area (Å²) in [5, 5.41) is 0. The van der Waals surface area contributed by atoms with Gasteiger partial charge in [-0.05, 0) is 59.1 Å². The molecule has 0 spiro atoms. The topological polar surface area (TPSA) is 28.7 Å². The number of rotatable bonds is 1. The van der Waals surface area contributed by atoms with Crippen LogP contribution in [0.3, 0.4) is 0 Å². The second-order valence-electron chi connectivity index (χ2n) is 4.66. The zero-order chi connectivity index (χ0) is 13.6. The van der Waals surface area contributed by atoms with Crippen LogP contribution in [0, 0.1) is 19.7 Å². The number of hydrogen-bond acceptors (Lipinski definition) is 1. The van der Waals surface area contributed by atoms with Gasteiger partial charge in [-0.1, -0.05) is 12.1 Å². The summed E-state index contributed by atoms with van der Waals surface area (Å²) in [4.78, 5) is 7.71. The number of aromatic nitrogens is 2. The number of hydrogen-bond donors (Lipinski definition) is 1. The molecule has 0 aliphatic rings. The van der Waals surface area contributed by atoms with Crippen LogP contribution < -0.4 is 0 Å². The lowest BCUT2D eigenvalue weighted by Crippen LogP contribution is -1.87. The maximum Gasteiger partial charge on any atom is 0.142 e. The minimum absolute atomic E-state index is 0.289. The molecule has 1 aromatic heterocycles. The summed E-state index contributed by atoms with van der Waals surface area (Å²) >= 11 is 3.37. The highest BCUT2D eigenvalue weighted by Gasteiger charge is 2.14. The van der Waals surface area contributed by atoms with Gasteiger partial charge in [0, 0.05) is 4.47 Å². The molecular weight excluding hydrogens is 307 g/mol. The molecule has 0 saturated heterocycles. The van der Waals surface area contributed by atoms with Crippen LogP contribution in [0.5, 0.6) is 0 Å². The minimum atomic E-state index is -0.289. The highest BCUT2D eigenvalue weighted by molar-refractivity contribution is 9.10. The van der Waals surface area contributed by atoms with Crippen LogP contribution in [-0.4, -0.2) is 9.97 Å². The first kappa shape index (κ1) is 12.4. The van der Waals surface area contributed by atoms with Gasteiger partial charge in [0.2, 0.25) is 0 Å². The van der Waals surface area contributed by atoms with Crippen LogP contribution in [0.1, 0.15) is 11.1 Å². The highest BCUT2D eigenvalue weighted by Crippen LogP contribution is 2.31. The van der Waals surface area contributed by atoms with Gasteiger partial charge in [0.1, 0.15) is 11.6 Å². The average molecular weight is 319 g/mol. The number of aryl methyl sites for hydroxylation is 2. The van der Waals surface area contributed by atoms with Crippen LogP contribution >= 0.6 is 15.9 Å². The number of nitrogens with zero attached hydrogens (tertiary/aromatic N) is 1. The summed E-state index contributed by atoms with van der Waals surface area (Å²) in [6.45, 7) is 4.04. The van der Waals surface area contributed by atoms with Gasteiger partial charge >= 0.3 is 0 Å². The summed E-state index contributed by atoms with van der Waals surface area (Å²) in [5.41, 5.74) is 4.53. The Morgan fingerprint density at radius 1 is 1.21 bits per heavy atom. The zero-order valence-corrected chi connectivity index (χ0v) is 12.2. The molecule has 0 aliphatic heterocycles. The van der Waals surface area contributed by atoms with Gasteiger partial charge < -0.3 is 4.98 Å². The average Bonchev–Trinajstić information content (AvgIpc) is 2.72. The van der Waals surface area contributed by atoms with Gasteiger partial charge in [-0.2, -0.15) is 0 Å². The molecule has 0 fully saturated rings. The quantitative estimate of drug-likeness (QED) is 0.689. The van der Waals surface area contributed by atoms with Gasteiger partial charge in [-0.15, -0.1) is 0 Å². The lowest BCUT2D eigenvalue weighted by Gasteiger charge is -2.01. The summed E-state index contributed by atoms with van der Waals surface area (Å²) in [5.74, 6) is 0.261. The van der Waals surface area contributed by atoms with E-state index in [1.165, 1.54) is 6.07 Å². The molecule has 4 heteroatoms. The Bertz CT molecular complexity index is 757. The van der Waals surface area contributed by atoms with Gasteiger partial charge in [0.25, 0.3) is 0 Å². The van der Waals surface area contributed by atoms with Crippen molar-refractivity contribution in [2.75, 3.05) is 0 Å². The normalized spacial score (nSPS) is 11.2. The van der Waals surface area contributed by atoms with Crippen molar-refractivity contribution in [1.29, 1.82) is 0 Å². The van der Waals surface area contributed by atoms with Crippen LogP contribution in [0.15, 0.2) is 34.8 Å². The van der Waals surface area contributed by atoms with E-state index in [-0.39, 0.29) is 5.82 Å². The number of imidazole rings is 1. The maximum atomic E-state index is 14.0. The first-order chi connectivity index (χ1) is 9.06. The minimum Gasteiger partial charge on any atom is -0.338 e. The third kappa shape index (κ3) is 2.06. The van der Waals surface area contributed by atoms with E-state index in [9.17, 15) is 4.39 Å².